The lowest BCUT2D eigenvalue weighted by atomic mass is 10.1. The number of urea groups is 1. The van der Waals surface area contributed by atoms with Gasteiger partial charge in [-0.05, 0) is 33.6 Å². The smallest absolute Gasteiger partial charge is 0.320 e. The van der Waals surface area contributed by atoms with Gasteiger partial charge in [0.25, 0.3) is 0 Å². The van der Waals surface area contributed by atoms with E-state index >= 15 is 0 Å². The SMILES string of the molecule is CC(C)(C)N1CCN(C2CC2)C1=O. The van der Waals surface area contributed by atoms with Gasteiger partial charge in [-0.2, -0.15) is 0 Å². The largest absolute Gasteiger partial charge is 0.320 e. The maximum absolute atomic E-state index is 11.9. The number of carbonyl (C=O) groups excluding carboxylic acids is 1. The molecule has 0 atom stereocenters. The van der Waals surface area contributed by atoms with Gasteiger partial charge in [-0.1, -0.05) is 0 Å². The summed E-state index contributed by atoms with van der Waals surface area (Å²) in [5.74, 6) is 0. The van der Waals surface area contributed by atoms with E-state index in [0.29, 0.717) is 6.04 Å². The molecular weight excluding hydrogens is 164 g/mol. The Morgan fingerprint density at radius 2 is 1.85 bits per heavy atom. The fourth-order valence-electron chi connectivity index (χ4n) is 1.90. The second kappa shape index (κ2) is 2.63. The molecule has 0 aromatic rings. The molecule has 0 spiro atoms. The van der Waals surface area contributed by atoms with Crippen LogP contribution >= 0.6 is 0 Å². The molecule has 1 saturated heterocycles. The van der Waals surface area contributed by atoms with Gasteiger partial charge in [0.1, 0.15) is 0 Å². The molecular formula is C10H18N2O. The number of hydrogen-bond donors (Lipinski definition) is 0. The number of carbonyl (C=O) groups is 1. The van der Waals surface area contributed by atoms with E-state index in [-0.39, 0.29) is 11.6 Å². The van der Waals surface area contributed by atoms with Crippen LogP contribution in [0.25, 0.3) is 0 Å². The predicted octanol–water partition coefficient (Wildman–Crippen LogP) is 1.68. The third-order valence-electron chi connectivity index (χ3n) is 2.84. The van der Waals surface area contributed by atoms with Crippen LogP contribution in [-0.2, 0) is 0 Å². The van der Waals surface area contributed by atoms with E-state index < -0.39 is 0 Å². The van der Waals surface area contributed by atoms with Crippen LogP contribution in [0.15, 0.2) is 0 Å². The average Bonchev–Trinajstić information content (AvgIpc) is 2.73. The van der Waals surface area contributed by atoms with E-state index in [0.717, 1.165) is 13.1 Å². The molecule has 3 heteroatoms. The summed E-state index contributed by atoms with van der Waals surface area (Å²) in [6.45, 7) is 8.13. The minimum absolute atomic E-state index is 0.0132. The van der Waals surface area contributed by atoms with Crippen molar-refractivity contribution in [1.29, 1.82) is 0 Å². The molecule has 1 aliphatic carbocycles. The maximum atomic E-state index is 11.9. The van der Waals surface area contributed by atoms with Gasteiger partial charge in [0.2, 0.25) is 0 Å². The Labute approximate surface area is 79.7 Å². The fourth-order valence-corrected chi connectivity index (χ4v) is 1.90. The molecule has 0 unspecified atom stereocenters. The molecule has 3 nitrogen and oxygen atoms in total. The molecule has 1 aliphatic heterocycles. The Morgan fingerprint density at radius 3 is 2.23 bits per heavy atom. The molecule has 2 fully saturated rings. The predicted molar refractivity (Wildman–Crippen MR) is 51.6 cm³/mol. The van der Waals surface area contributed by atoms with Crippen LogP contribution in [0.5, 0.6) is 0 Å². The van der Waals surface area contributed by atoms with Crippen molar-refractivity contribution in [2.45, 2.75) is 45.2 Å². The highest BCUT2D eigenvalue weighted by molar-refractivity contribution is 5.78. The molecule has 0 N–H and O–H groups in total. The number of rotatable bonds is 1. The summed E-state index contributed by atoms with van der Waals surface area (Å²) in [6, 6.07) is 0.815. The van der Waals surface area contributed by atoms with Gasteiger partial charge in [-0.3, -0.25) is 0 Å². The topological polar surface area (TPSA) is 23.6 Å². The van der Waals surface area contributed by atoms with Crippen molar-refractivity contribution in [3.05, 3.63) is 0 Å². The second-order valence-electron chi connectivity index (χ2n) is 5.03. The summed E-state index contributed by atoms with van der Waals surface area (Å²) in [7, 11) is 0. The molecule has 0 aromatic carbocycles. The lowest BCUT2D eigenvalue weighted by molar-refractivity contribution is 0.154. The van der Waals surface area contributed by atoms with Crippen molar-refractivity contribution in [1.82, 2.24) is 9.80 Å². The van der Waals surface area contributed by atoms with Gasteiger partial charge in [-0.25, -0.2) is 4.79 Å². The van der Waals surface area contributed by atoms with Crippen molar-refractivity contribution >= 4 is 6.03 Å². The van der Waals surface area contributed by atoms with E-state index in [1.807, 2.05) is 9.80 Å². The molecule has 1 saturated carbocycles. The van der Waals surface area contributed by atoms with Crippen LogP contribution in [0.1, 0.15) is 33.6 Å². The third kappa shape index (κ3) is 1.52. The minimum atomic E-state index is -0.0132. The van der Waals surface area contributed by atoms with Gasteiger partial charge in [0.05, 0.1) is 0 Å². The first kappa shape index (κ1) is 8.85. The van der Waals surface area contributed by atoms with Gasteiger partial charge in [0.15, 0.2) is 0 Å². The Hall–Kier alpha value is -0.730. The van der Waals surface area contributed by atoms with Crippen molar-refractivity contribution in [2.24, 2.45) is 0 Å². The van der Waals surface area contributed by atoms with Gasteiger partial charge < -0.3 is 9.80 Å². The molecule has 2 amide bonds. The van der Waals surface area contributed by atoms with E-state index in [9.17, 15) is 4.79 Å². The van der Waals surface area contributed by atoms with E-state index in [1.54, 1.807) is 0 Å². The zero-order chi connectivity index (χ0) is 9.64. The standard InChI is InChI=1S/C10H18N2O/c1-10(2,3)12-7-6-11(9(12)13)8-4-5-8/h8H,4-7H2,1-3H3. The Morgan fingerprint density at radius 1 is 1.23 bits per heavy atom. The minimum Gasteiger partial charge on any atom is -0.320 e. The molecule has 0 aromatic heterocycles. The Kier molecular flexibility index (Phi) is 1.79. The number of nitrogens with zero attached hydrogens (tertiary/aromatic N) is 2. The summed E-state index contributed by atoms with van der Waals surface area (Å²) in [5, 5.41) is 0. The lowest BCUT2D eigenvalue weighted by Gasteiger charge is -2.31. The Balaban J connectivity index is 2.06. The van der Waals surface area contributed by atoms with Crippen molar-refractivity contribution in [3.63, 3.8) is 0 Å². The summed E-state index contributed by atoms with van der Waals surface area (Å²) >= 11 is 0. The molecule has 2 rings (SSSR count). The highest BCUT2D eigenvalue weighted by atomic mass is 16.2. The van der Waals surface area contributed by atoms with Crippen molar-refractivity contribution in [3.8, 4) is 0 Å². The molecule has 0 bridgehead atoms. The van der Waals surface area contributed by atoms with Gasteiger partial charge in [0, 0.05) is 24.7 Å². The van der Waals surface area contributed by atoms with E-state index in [1.165, 1.54) is 12.8 Å². The zero-order valence-corrected chi connectivity index (χ0v) is 8.71. The average molecular weight is 182 g/mol. The summed E-state index contributed by atoms with van der Waals surface area (Å²) in [5.41, 5.74) is -0.0132. The first-order valence-electron chi connectivity index (χ1n) is 5.08. The van der Waals surface area contributed by atoms with Crippen LogP contribution in [0.4, 0.5) is 4.79 Å². The molecule has 1 heterocycles. The number of hydrogen-bond acceptors (Lipinski definition) is 1. The van der Waals surface area contributed by atoms with Crippen molar-refractivity contribution in [2.75, 3.05) is 13.1 Å². The summed E-state index contributed by atoms with van der Waals surface area (Å²) in [4.78, 5) is 15.9. The fraction of sp³-hybridized carbons (Fsp3) is 0.900. The lowest BCUT2D eigenvalue weighted by Crippen LogP contribution is -2.44. The molecule has 74 valence electrons. The maximum Gasteiger partial charge on any atom is 0.320 e. The monoisotopic (exact) mass is 182 g/mol. The van der Waals surface area contributed by atoms with E-state index in [2.05, 4.69) is 20.8 Å². The molecule has 13 heavy (non-hydrogen) atoms. The highest BCUT2D eigenvalue weighted by Gasteiger charge is 2.42. The highest BCUT2D eigenvalue weighted by Crippen LogP contribution is 2.32. The first-order valence-corrected chi connectivity index (χ1v) is 5.08. The van der Waals surface area contributed by atoms with Crippen LogP contribution in [-0.4, -0.2) is 40.5 Å². The second-order valence-corrected chi connectivity index (χ2v) is 5.03. The summed E-state index contributed by atoms with van der Waals surface area (Å²) in [6.07, 6.45) is 2.42. The van der Waals surface area contributed by atoms with Gasteiger partial charge >= 0.3 is 6.03 Å². The third-order valence-corrected chi connectivity index (χ3v) is 2.84. The van der Waals surface area contributed by atoms with Crippen molar-refractivity contribution < 1.29 is 4.79 Å². The summed E-state index contributed by atoms with van der Waals surface area (Å²) < 4.78 is 0. The van der Waals surface area contributed by atoms with E-state index in [4.69, 9.17) is 0 Å². The van der Waals surface area contributed by atoms with Crippen LogP contribution in [0, 0.1) is 0 Å². The quantitative estimate of drug-likeness (QED) is 0.605. The molecule has 2 aliphatic rings. The zero-order valence-electron chi connectivity index (χ0n) is 8.71. The van der Waals surface area contributed by atoms with Gasteiger partial charge in [-0.15, -0.1) is 0 Å². The number of amides is 2. The first-order chi connectivity index (χ1) is 6.00. The van der Waals surface area contributed by atoms with Crippen LogP contribution in [0.3, 0.4) is 0 Å². The Bertz CT molecular complexity index is 228. The normalized spacial score (nSPS) is 24.4. The van der Waals surface area contributed by atoms with Crippen LogP contribution < -0.4 is 0 Å². The van der Waals surface area contributed by atoms with Crippen LogP contribution in [0.2, 0.25) is 0 Å². The molecule has 0 radical (unpaired) electrons.